The molecule has 124 valence electrons. The molecule has 1 amide bonds. The molecule has 0 bridgehead atoms. The molecular weight excluding hydrogens is 330 g/mol. The van der Waals surface area contributed by atoms with E-state index >= 15 is 0 Å². The van der Waals surface area contributed by atoms with Crippen molar-refractivity contribution >= 4 is 23.4 Å². The first kappa shape index (κ1) is 16.1. The van der Waals surface area contributed by atoms with Gasteiger partial charge in [-0.1, -0.05) is 11.8 Å². The molecule has 0 aliphatic heterocycles. The van der Waals surface area contributed by atoms with E-state index in [1.807, 2.05) is 0 Å². The predicted octanol–water partition coefficient (Wildman–Crippen LogP) is 3.46. The molecule has 0 saturated heterocycles. The number of carbonyl (C=O) groups excluding carboxylic acids is 1. The second-order valence-corrected chi connectivity index (χ2v) is 6.12. The van der Waals surface area contributed by atoms with Crippen LogP contribution in [-0.2, 0) is 4.79 Å². The summed E-state index contributed by atoms with van der Waals surface area (Å²) in [5.74, 6) is 1.34. The number of benzene rings is 1. The van der Waals surface area contributed by atoms with E-state index in [0.717, 1.165) is 5.75 Å². The second-order valence-electron chi connectivity index (χ2n) is 4.83. The molecule has 24 heavy (non-hydrogen) atoms. The first-order chi connectivity index (χ1) is 11.7. The average molecular weight is 345 g/mol. The van der Waals surface area contributed by atoms with Crippen molar-refractivity contribution in [2.75, 3.05) is 12.4 Å². The van der Waals surface area contributed by atoms with Gasteiger partial charge in [0, 0.05) is 5.69 Å². The third kappa shape index (κ3) is 3.77. The third-order valence-corrected chi connectivity index (χ3v) is 4.08. The number of hydrogen-bond donors (Lipinski definition) is 1. The molecule has 0 aliphatic carbocycles. The van der Waals surface area contributed by atoms with Crippen LogP contribution < -0.4 is 10.1 Å². The molecule has 7 nitrogen and oxygen atoms in total. The molecule has 1 atom stereocenters. The maximum Gasteiger partial charge on any atom is 0.284 e. The van der Waals surface area contributed by atoms with Gasteiger partial charge in [-0.15, -0.1) is 10.2 Å². The summed E-state index contributed by atoms with van der Waals surface area (Å²) >= 11 is 1.18. The Kier molecular flexibility index (Phi) is 4.85. The number of anilines is 1. The standard InChI is InChI=1S/C16H15N3O4S/c1-10(14(20)17-11-5-7-12(21-2)8-6-11)24-16-19-18-15(23-16)13-4-3-9-22-13/h3-10H,1-2H3,(H,17,20). The zero-order valence-electron chi connectivity index (χ0n) is 13.1. The highest BCUT2D eigenvalue weighted by Crippen LogP contribution is 2.27. The first-order valence-corrected chi connectivity index (χ1v) is 8.02. The molecule has 0 spiro atoms. The summed E-state index contributed by atoms with van der Waals surface area (Å²) in [6.45, 7) is 1.76. The van der Waals surface area contributed by atoms with E-state index in [0.29, 0.717) is 16.7 Å². The van der Waals surface area contributed by atoms with Gasteiger partial charge in [-0.05, 0) is 43.3 Å². The van der Waals surface area contributed by atoms with Gasteiger partial charge < -0.3 is 18.9 Å². The molecule has 0 aliphatic rings. The zero-order chi connectivity index (χ0) is 16.9. The van der Waals surface area contributed by atoms with Gasteiger partial charge >= 0.3 is 0 Å². The number of ether oxygens (including phenoxy) is 1. The number of thioether (sulfide) groups is 1. The fraction of sp³-hybridized carbons (Fsp3) is 0.188. The normalized spacial score (nSPS) is 11.9. The Morgan fingerprint density at radius 3 is 2.71 bits per heavy atom. The van der Waals surface area contributed by atoms with Crippen LogP contribution >= 0.6 is 11.8 Å². The molecule has 0 saturated carbocycles. The maximum atomic E-state index is 12.2. The van der Waals surface area contributed by atoms with Crippen molar-refractivity contribution in [3.05, 3.63) is 42.7 Å². The van der Waals surface area contributed by atoms with E-state index in [4.69, 9.17) is 13.6 Å². The number of hydrogen-bond acceptors (Lipinski definition) is 7. The Hall–Kier alpha value is -2.74. The number of methoxy groups -OCH3 is 1. The van der Waals surface area contributed by atoms with Crippen molar-refractivity contribution in [3.8, 4) is 17.4 Å². The largest absolute Gasteiger partial charge is 0.497 e. The molecule has 8 heteroatoms. The van der Waals surface area contributed by atoms with E-state index in [9.17, 15) is 4.79 Å². The third-order valence-electron chi connectivity index (χ3n) is 3.14. The minimum absolute atomic E-state index is 0.164. The molecule has 3 aromatic rings. The Morgan fingerprint density at radius 1 is 1.25 bits per heavy atom. The predicted molar refractivity (Wildman–Crippen MR) is 88.9 cm³/mol. The summed E-state index contributed by atoms with van der Waals surface area (Å²) in [7, 11) is 1.59. The fourth-order valence-electron chi connectivity index (χ4n) is 1.88. The molecule has 0 radical (unpaired) electrons. The van der Waals surface area contributed by atoms with Crippen LogP contribution in [0.1, 0.15) is 6.92 Å². The van der Waals surface area contributed by atoms with Gasteiger partial charge in [-0.2, -0.15) is 0 Å². The minimum atomic E-state index is -0.406. The van der Waals surface area contributed by atoms with E-state index in [2.05, 4.69) is 15.5 Å². The molecule has 2 heterocycles. The maximum absolute atomic E-state index is 12.2. The molecule has 1 aromatic carbocycles. The van der Waals surface area contributed by atoms with Crippen LogP contribution in [0.15, 0.2) is 56.7 Å². The van der Waals surface area contributed by atoms with Crippen molar-refractivity contribution in [1.29, 1.82) is 0 Å². The SMILES string of the molecule is COc1ccc(NC(=O)C(C)Sc2nnc(-c3ccco3)o2)cc1. The van der Waals surface area contributed by atoms with Crippen molar-refractivity contribution in [1.82, 2.24) is 10.2 Å². The molecule has 1 unspecified atom stereocenters. The van der Waals surface area contributed by atoms with Crippen molar-refractivity contribution < 1.29 is 18.4 Å². The van der Waals surface area contributed by atoms with E-state index < -0.39 is 5.25 Å². The highest BCUT2D eigenvalue weighted by atomic mass is 32.2. The number of carbonyl (C=O) groups is 1. The summed E-state index contributed by atoms with van der Waals surface area (Å²) in [6, 6.07) is 10.6. The Labute approximate surface area is 142 Å². The molecular formula is C16H15N3O4S. The van der Waals surface area contributed by atoms with Gasteiger partial charge in [0.1, 0.15) is 5.75 Å². The molecule has 2 aromatic heterocycles. The van der Waals surface area contributed by atoms with E-state index in [1.54, 1.807) is 50.4 Å². The smallest absolute Gasteiger partial charge is 0.284 e. The number of amides is 1. The van der Waals surface area contributed by atoms with Gasteiger partial charge in [-0.25, -0.2) is 0 Å². The Morgan fingerprint density at radius 2 is 2.04 bits per heavy atom. The lowest BCUT2D eigenvalue weighted by molar-refractivity contribution is -0.115. The van der Waals surface area contributed by atoms with Gasteiger partial charge in [0.05, 0.1) is 18.6 Å². The Balaban J connectivity index is 1.59. The number of furan rings is 1. The molecule has 3 rings (SSSR count). The van der Waals surface area contributed by atoms with E-state index in [1.165, 1.54) is 18.0 Å². The quantitative estimate of drug-likeness (QED) is 0.684. The number of nitrogens with zero attached hydrogens (tertiary/aromatic N) is 2. The lowest BCUT2D eigenvalue weighted by Crippen LogP contribution is -2.22. The lowest BCUT2D eigenvalue weighted by Gasteiger charge is -2.10. The van der Waals surface area contributed by atoms with Gasteiger partial charge in [-0.3, -0.25) is 4.79 Å². The lowest BCUT2D eigenvalue weighted by atomic mass is 10.3. The summed E-state index contributed by atoms with van der Waals surface area (Å²) < 4.78 is 15.7. The number of aromatic nitrogens is 2. The fourth-order valence-corrected chi connectivity index (χ4v) is 2.56. The Bertz CT molecular complexity index is 799. The van der Waals surface area contributed by atoms with Crippen LogP contribution in [0.25, 0.3) is 11.7 Å². The van der Waals surface area contributed by atoms with Crippen LogP contribution in [0, 0.1) is 0 Å². The second kappa shape index (κ2) is 7.22. The van der Waals surface area contributed by atoms with Gasteiger partial charge in [0.25, 0.3) is 11.1 Å². The summed E-state index contributed by atoms with van der Waals surface area (Å²) in [5.41, 5.74) is 0.690. The van der Waals surface area contributed by atoms with Crippen molar-refractivity contribution in [3.63, 3.8) is 0 Å². The topological polar surface area (TPSA) is 90.4 Å². The van der Waals surface area contributed by atoms with Crippen LogP contribution in [-0.4, -0.2) is 28.5 Å². The first-order valence-electron chi connectivity index (χ1n) is 7.14. The van der Waals surface area contributed by atoms with Crippen LogP contribution in [0.3, 0.4) is 0 Å². The number of rotatable bonds is 6. The number of nitrogens with one attached hydrogen (secondary N) is 1. The van der Waals surface area contributed by atoms with E-state index in [-0.39, 0.29) is 11.8 Å². The highest BCUT2D eigenvalue weighted by molar-refractivity contribution is 8.00. The monoisotopic (exact) mass is 345 g/mol. The summed E-state index contributed by atoms with van der Waals surface area (Å²) in [6.07, 6.45) is 1.53. The van der Waals surface area contributed by atoms with Crippen LogP contribution in [0.5, 0.6) is 5.75 Å². The summed E-state index contributed by atoms with van der Waals surface area (Å²) in [4.78, 5) is 12.2. The molecule has 0 fully saturated rings. The summed E-state index contributed by atoms with van der Waals surface area (Å²) in [5, 5.41) is 10.5. The zero-order valence-corrected chi connectivity index (χ0v) is 13.9. The van der Waals surface area contributed by atoms with Crippen LogP contribution in [0.2, 0.25) is 0 Å². The highest BCUT2D eigenvalue weighted by Gasteiger charge is 2.19. The van der Waals surface area contributed by atoms with Gasteiger partial charge in [0.15, 0.2) is 5.76 Å². The average Bonchev–Trinajstić information content (AvgIpc) is 3.26. The van der Waals surface area contributed by atoms with Crippen molar-refractivity contribution in [2.45, 2.75) is 17.4 Å². The van der Waals surface area contributed by atoms with Crippen LogP contribution in [0.4, 0.5) is 5.69 Å². The van der Waals surface area contributed by atoms with Gasteiger partial charge in [0.2, 0.25) is 5.91 Å². The minimum Gasteiger partial charge on any atom is -0.497 e. The van der Waals surface area contributed by atoms with Crippen molar-refractivity contribution in [2.24, 2.45) is 0 Å². The molecule has 1 N–H and O–H groups in total.